The van der Waals surface area contributed by atoms with Gasteiger partial charge in [0.05, 0.1) is 23.9 Å². The number of hydrogen-bond donors (Lipinski definition) is 5. The minimum Gasteiger partial charge on any atom is -0.492 e. The van der Waals surface area contributed by atoms with E-state index in [1.807, 2.05) is 5.32 Å². The fourth-order valence-electron chi connectivity index (χ4n) is 2.58. The van der Waals surface area contributed by atoms with Gasteiger partial charge in [-0.15, -0.1) is 0 Å². The molecule has 11 heteroatoms. The molecule has 29 heavy (non-hydrogen) atoms. The second-order valence-corrected chi connectivity index (χ2v) is 6.18. The molecule has 0 aromatic carbocycles. The number of carbonyl (C=O) groups excluding carboxylic acids is 2. The van der Waals surface area contributed by atoms with E-state index in [9.17, 15) is 9.59 Å². The van der Waals surface area contributed by atoms with E-state index in [0.717, 1.165) is 19.0 Å². The molecule has 2 heterocycles. The topological polar surface area (TPSA) is 164 Å². The Morgan fingerprint density at radius 1 is 1.38 bits per heavy atom. The van der Waals surface area contributed by atoms with Gasteiger partial charge in [0, 0.05) is 35.5 Å². The van der Waals surface area contributed by atoms with Crippen molar-refractivity contribution in [3.63, 3.8) is 0 Å². The Hall–Kier alpha value is -3.89. The van der Waals surface area contributed by atoms with Gasteiger partial charge in [-0.3, -0.25) is 9.59 Å². The Kier molecular flexibility index (Phi) is 4.67. The van der Waals surface area contributed by atoms with Crippen LogP contribution in [0.1, 0.15) is 32.9 Å². The zero-order chi connectivity index (χ0) is 23.5. The number of hydrogen-bond acceptors (Lipinski definition) is 8. The third-order valence-electron chi connectivity index (χ3n) is 4.21. The van der Waals surface area contributed by atoms with Crippen molar-refractivity contribution in [2.45, 2.75) is 12.8 Å². The fraction of sp³-hybridized carbons (Fsp3) is 0.278. The first-order valence-corrected chi connectivity index (χ1v) is 8.54. The van der Waals surface area contributed by atoms with E-state index in [1.165, 1.54) is 25.4 Å². The Morgan fingerprint density at radius 3 is 2.83 bits per heavy atom. The highest BCUT2D eigenvalue weighted by Crippen LogP contribution is 2.32. The molecule has 0 unspecified atom stereocenters. The van der Waals surface area contributed by atoms with Crippen molar-refractivity contribution in [1.82, 2.24) is 15.3 Å². The number of nitrogens with two attached hydrogens (primary N) is 1. The summed E-state index contributed by atoms with van der Waals surface area (Å²) in [5.74, 6) is -1.10. The first kappa shape index (κ1) is 16.1. The number of ether oxygens (including phenoxy) is 1. The van der Waals surface area contributed by atoms with E-state index in [1.54, 1.807) is 0 Å². The first-order chi connectivity index (χ1) is 15.1. The van der Waals surface area contributed by atoms with Gasteiger partial charge >= 0.3 is 0 Å². The second-order valence-electron chi connectivity index (χ2n) is 6.18. The number of oxime groups is 1. The van der Waals surface area contributed by atoms with Gasteiger partial charge in [-0.1, -0.05) is 5.16 Å². The van der Waals surface area contributed by atoms with Gasteiger partial charge in [0.2, 0.25) is 5.91 Å². The number of anilines is 3. The molecule has 0 saturated heterocycles. The molecular weight excluding hydrogens is 378 g/mol. The summed E-state index contributed by atoms with van der Waals surface area (Å²) in [6.07, 6.45) is 4.07. The maximum Gasteiger partial charge on any atom is 0.254 e. The van der Waals surface area contributed by atoms with Crippen LogP contribution in [0.5, 0.6) is 5.75 Å². The van der Waals surface area contributed by atoms with Crippen LogP contribution in [0.2, 0.25) is 0 Å². The van der Waals surface area contributed by atoms with Gasteiger partial charge in [0.1, 0.15) is 5.82 Å². The Balaban J connectivity index is 2.02. The molecule has 3 rings (SSSR count). The Morgan fingerprint density at radius 2 is 2.17 bits per heavy atom. The number of nitrogens with one attached hydrogen (secondary N) is 3. The number of nitrogens with zero attached hydrogens (tertiary/aromatic N) is 3. The highest BCUT2D eigenvalue weighted by molar-refractivity contribution is 6.03. The van der Waals surface area contributed by atoms with Crippen LogP contribution in [0.4, 0.5) is 17.3 Å². The van der Waals surface area contributed by atoms with Crippen molar-refractivity contribution in [2.24, 2.45) is 16.8 Å². The van der Waals surface area contributed by atoms with Crippen molar-refractivity contribution in [3.8, 4) is 5.75 Å². The van der Waals surface area contributed by atoms with Crippen LogP contribution in [0.15, 0.2) is 29.7 Å². The van der Waals surface area contributed by atoms with Crippen molar-refractivity contribution in [1.29, 1.82) is 0 Å². The summed E-state index contributed by atoms with van der Waals surface area (Å²) in [6, 6.07) is 2.82. The molecule has 0 aliphatic heterocycles. The molecule has 0 bridgehead atoms. The summed E-state index contributed by atoms with van der Waals surface area (Å²) >= 11 is 0. The summed E-state index contributed by atoms with van der Waals surface area (Å²) in [6.45, 7) is -2.73. The zero-order valence-electron chi connectivity index (χ0n) is 18.4. The van der Waals surface area contributed by atoms with E-state index in [4.69, 9.17) is 19.8 Å². The quantitative estimate of drug-likeness (QED) is 0.198. The monoisotopic (exact) mass is 402 g/mol. The summed E-state index contributed by atoms with van der Waals surface area (Å²) < 4.78 is 27.1. The maximum absolute atomic E-state index is 12.5. The molecule has 11 nitrogen and oxygen atoms in total. The molecule has 1 saturated carbocycles. The minimum absolute atomic E-state index is 0.0778. The van der Waals surface area contributed by atoms with Crippen LogP contribution in [-0.4, -0.2) is 46.9 Å². The molecule has 2 amide bonds. The predicted octanol–water partition coefficient (Wildman–Crippen LogP) is 1.03. The molecule has 0 radical (unpaired) electrons. The minimum atomic E-state index is -2.73. The predicted molar refractivity (Wildman–Crippen MR) is 106 cm³/mol. The summed E-state index contributed by atoms with van der Waals surface area (Å²) in [5, 5.41) is 19.4. The molecular formula is C18H21N7O4. The SMILES string of the molecule is [2H]C([2H])([2H])NC(=O)c1cnc(NC(=O)C2CC2)cc1Nc1nccc(/C(N)=N\O)c1OC. The highest BCUT2D eigenvalue weighted by atomic mass is 16.5. The molecule has 2 aromatic rings. The summed E-state index contributed by atoms with van der Waals surface area (Å²) in [7, 11) is 1.34. The van der Waals surface area contributed by atoms with Gasteiger partial charge in [0.25, 0.3) is 5.91 Å². The van der Waals surface area contributed by atoms with Crippen molar-refractivity contribution in [3.05, 3.63) is 35.7 Å². The lowest BCUT2D eigenvalue weighted by atomic mass is 10.2. The molecule has 1 aliphatic carbocycles. The van der Waals surface area contributed by atoms with Crippen molar-refractivity contribution in [2.75, 3.05) is 24.7 Å². The first-order valence-electron chi connectivity index (χ1n) is 10.0. The summed E-state index contributed by atoms with van der Waals surface area (Å²) in [5.41, 5.74) is 5.86. The van der Waals surface area contributed by atoms with Gasteiger partial charge in [-0.05, 0) is 18.9 Å². The van der Waals surface area contributed by atoms with Crippen LogP contribution in [0, 0.1) is 5.92 Å². The molecule has 6 N–H and O–H groups in total. The van der Waals surface area contributed by atoms with Crippen LogP contribution < -0.4 is 26.4 Å². The standard InChI is InChI=1S/C18H21N7O4/c1-20-18(27)11-8-22-13(24-17(26)9-3-4-9)7-12(11)23-16-14(29-2)10(5-6-21-16)15(19)25-28/h5-9,28H,3-4H2,1-2H3,(H2,19,25)(H,20,27)(H2,21,22,23,24,26)/i1D3. The van der Waals surface area contributed by atoms with Crippen molar-refractivity contribution >= 4 is 35.0 Å². The third kappa shape index (κ3) is 4.34. The third-order valence-corrected chi connectivity index (χ3v) is 4.21. The highest BCUT2D eigenvalue weighted by Gasteiger charge is 2.30. The lowest BCUT2D eigenvalue weighted by molar-refractivity contribution is -0.117. The van der Waals surface area contributed by atoms with Crippen LogP contribution >= 0.6 is 0 Å². The molecule has 0 atom stereocenters. The lowest BCUT2D eigenvalue weighted by Gasteiger charge is -2.16. The van der Waals surface area contributed by atoms with E-state index in [-0.39, 0.29) is 51.9 Å². The van der Waals surface area contributed by atoms with Crippen LogP contribution in [-0.2, 0) is 4.79 Å². The van der Waals surface area contributed by atoms with E-state index in [2.05, 4.69) is 25.8 Å². The number of aromatic nitrogens is 2. The van der Waals surface area contributed by atoms with Gasteiger partial charge in [-0.25, -0.2) is 9.97 Å². The summed E-state index contributed by atoms with van der Waals surface area (Å²) in [4.78, 5) is 32.8. The Labute approximate surface area is 170 Å². The molecule has 1 aliphatic rings. The van der Waals surface area contributed by atoms with E-state index < -0.39 is 12.9 Å². The smallest absolute Gasteiger partial charge is 0.254 e. The average Bonchev–Trinajstić information content (AvgIpc) is 3.57. The fourth-order valence-corrected chi connectivity index (χ4v) is 2.58. The van der Waals surface area contributed by atoms with E-state index in [0.29, 0.717) is 0 Å². The lowest BCUT2D eigenvalue weighted by Crippen LogP contribution is -2.21. The van der Waals surface area contributed by atoms with Crippen LogP contribution in [0.3, 0.4) is 0 Å². The number of amides is 2. The van der Waals surface area contributed by atoms with Crippen LogP contribution in [0.25, 0.3) is 0 Å². The Bertz CT molecular complexity index is 1070. The molecule has 2 aromatic heterocycles. The average molecular weight is 402 g/mol. The number of pyridine rings is 2. The van der Waals surface area contributed by atoms with Crippen molar-refractivity contribution < 1.29 is 23.6 Å². The van der Waals surface area contributed by atoms with Gasteiger partial charge < -0.3 is 31.6 Å². The second kappa shape index (κ2) is 8.42. The molecule has 0 spiro atoms. The molecule has 152 valence electrons. The number of carbonyl (C=O) groups is 2. The number of rotatable bonds is 7. The number of methoxy groups -OCH3 is 1. The largest absolute Gasteiger partial charge is 0.492 e. The zero-order valence-corrected chi connectivity index (χ0v) is 15.4. The normalized spacial score (nSPS) is 15.5. The van der Waals surface area contributed by atoms with Gasteiger partial charge in [0.15, 0.2) is 17.4 Å². The number of amidine groups is 1. The van der Waals surface area contributed by atoms with E-state index >= 15 is 0 Å². The molecule has 1 fully saturated rings. The maximum atomic E-state index is 12.5. The van der Waals surface area contributed by atoms with Gasteiger partial charge in [-0.2, -0.15) is 0 Å².